The Kier molecular flexibility index (Phi) is 8.85. The minimum atomic E-state index is -4.05. The van der Waals surface area contributed by atoms with Gasteiger partial charge in [0, 0.05) is 13.1 Å². The van der Waals surface area contributed by atoms with E-state index in [1.165, 1.54) is 16.4 Å². The molecule has 42 heavy (non-hydrogen) atoms. The maximum Gasteiger partial charge on any atom is 0.244 e. The summed E-state index contributed by atoms with van der Waals surface area (Å²) >= 11 is 0. The molecule has 216 valence electrons. The van der Waals surface area contributed by atoms with E-state index in [0.29, 0.717) is 5.75 Å². The average Bonchev–Trinajstić information content (AvgIpc) is 3.00. The minimum absolute atomic E-state index is 0.0243. The molecule has 0 saturated carbocycles. The molecule has 2 atom stereocenters. The Bertz CT molecular complexity index is 1640. The van der Waals surface area contributed by atoms with E-state index in [4.69, 9.17) is 4.74 Å². The summed E-state index contributed by atoms with van der Waals surface area (Å²) in [5.74, 6) is -0.0343. The lowest BCUT2D eigenvalue weighted by Crippen LogP contribution is -2.53. The third-order valence-corrected chi connectivity index (χ3v) is 9.37. The predicted molar refractivity (Wildman–Crippen MR) is 161 cm³/mol. The molecule has 0 bridgehead atoms. The average molecular weight is 585 g/mol. The number of sulfonamides is 1. The maximum atomic E-state index is 14.7. The third-order valence-electron chi connectivity index (χ3n) is 7.48. The van der Waals surface area contributed by atoms with Crippen LogP contribution >= 0.6 is 0 Å². The van der Waals surface area contributed by atoms with Gasteiger partial charge in [-0.15, -0.1) is 0 Å². The van der Waals surface area contributed by atoms with E-state index in [-0.39, 0.29) is 36.1 Å². The molecule has 0 saturated heterocycles. The fourth-order valence-corrected chi connectivity index (χ4v) is 6.70. The highest BCUT2D eigenvalue weighted by molar-refractivity contribution is 7.89. The first-order valence-corrected chi connectivity index (χ1v) is 15.2. The van der Waals surface area contributed by atoms with Gasteiger partial charge in [0.25, 0.3) is 0 Å². The molecule has 8 heteroatoms. The predicted octanol–water partition coefficient (Wildman–Crippen LogP) is 6.08. The number of aryl methyl sites for hydroxylation is 1. The molecule has 1 amide bonds. The minimum Gasteiger partial charge on any atom is -0.497 e. The summed E-state index contributed by atoms with van der Waals surface area (Å²) in [5, 5.41) is 0. The summed E-state index contributed by atoms with van der Waals surface area (Å²) in [6, 6.07) is 28.0. The number of ether oxygens (including phenoxy) is 1. The molecule has 0 fully saturated rings. The van der Waals surface area contributed by atoms with Crippen molar-refractivity contribution in [1.82, 2.24) is 9.21 Å². The van der Waals surface area contributed by atoms with Gasteiger partial charge in [-0.3, -0.25) is 4.79 Å². The molecule has 1 aliphatic heterocycles. The van der Waals surface area contributed by atoms with Crippen LogP contribution in [-0.4, -0.2) is 43.2 Å². The largest absolute Gasteiger partial charge is 0.497 e. The molecular formula is C34H33FN2O4S. The van der Waals surface area contributed by atoms with Crippen molar-refractivity contribution in [3.8, 4) is 5.75 Å². The van der Waals surface area contributed by atoms with Crippen molar-refractivity contribution >= 4 is 15.9 Å². The van der Waals surface area contributed by atoms with Gasteiger partial charge >= 0.3 is 0 Å². The van der Waals surface area contributed by atoms with Gasteiger partial charge in [-0.1, -0.05) is 84.4 Å². The van der Waals surface area contributed by atoms with Gasteiger partial charge in [0.2, 0.25) is 15.9 Å². The zero-order valence-electron chi connectivity index (χ0n) is 23.6. The normalized spacial score (nSPS) is 18.7. The van der Waals surface area contributed by atoms with E-state index in [9.17, 15) is 17.6 Å². The molecule has 0 N–H and O–H groups in total. The summed E-state index contributed by atoms with van der Waals surface area (Å²) in [4.78, 5) is 16.5. The first-order valence-electron chi connectivity index (χ1n) is 13.7. The molecule has 4 aromatic rings. The molecule has 0 radical (unpaired) electrons. The molecule has 0 aliphatic carbocycles. The van der Waals surface area contributed by atoms with E-state index < -0.39 is 22.1 Å². The van der Waals surface area contributed by atoms with Crippen molar-refractivity contribution in [1.29, 1.82) is 0 Å². The lowest BCUT2D eigenvalue weighted by Gasteiger charge is -2.39. The molecule has 0 unspecified atom stereocenters. The van der Waals surface area contributed by atoms with E-state index in [1.54, 1.807) is 48.4 Å². The fourth-order valence-electron chi connectivity index (χ4n) is 5.17. The van der Waals surface area contributed by atoms with Crippen LogP contribution in [0.15, 0.2) is 120 Å². The summed E-state index contributed by atoms with van der Waals surface area (Å²) in [6.45, 7) is 2.07. The second-order valence-electron chi connectivity index (χ2n) is 10.3. The highest BCUT2D eigenvalue weighted by Gasteiger charge is 2.40. The van der Waals surface area contributed by atoms with E-state index in [2.05, 4.69) is 0 Å². The molecule has 1 aliphatic rings. The van der Waals surface area contributed by atoms with Crippen molar-refractivity contribution < 1.29 is 22.3 Å². The number of carbonyl (C=O) groups is 1. The van der Waals surface area contributed by atoms with Crippen LogP contribution in [0, 0.1) is 12.7 Å². The molecular weight excluding hydrogens is 551 g/mol. The lowest BCUT2D eigenvalue weighted by molar-refractivity contribution is -0.137. The Morgan fingerprint density at radius 3 is 2.17 bits per heavy atom. The van der Waals surface area contributed by atoms with Gasteiger partial charge in [-0.25, -0.2) is 12.8 Å². The van der Waals surface area contributed by atoms with Gasteiger partial charge in [0.05, 0.1) is 18.0 Å². The second-order valence-corrected chi connectivity index (χ2v) is 12.2. The van der Waals surface area contributed by atoms with Gasteiger partial charge < -0.3 is 9.64 Å². The summed E-state index contributed by atoms with van der Waals surface area (Å²) in [7, 11) is -2.46. The number of carbonyl (C=O) groups excluding carboxylic acids is 1. The quantitative estimate of drug-likeness (QED) is 0.235. The van der Waals surface area contributed by atoms with Crippen LogP contribution in [0.2, 0.25) is 0 Å². The number of rotatable bonds is 8. The number of hydrogen-bond donors (Lipinski definition) is 0. The number of methoxy groups -OCH3 is 1. The van der Waals surface area contributed by atoms with E-state index >= 15 is 0 Å². The van der Waals surface area contributed by atoms with Crippen molar-refractivity contribution in [3.05, 3.63) is 143 Å². The van der Waals surface area contributed by atoms with Crippen molar-refractivity contribution in [3.63, 3.8) is 0 Å². The Morgan fingerprint density at radius 1 is 0.857 bits per heavy atom. The highest BCUT2D eigenvalue weighted by Crippen LogP contribution is 2.32. The summed E-state index contributed by atoms with van der Waals surface area (Å²) < 4.78 is 48.6. The van der Waals surface area contributed by atoms with Crippen LogP contribution in [-0.2, 0) is 27.8 Å². The van der Waals surface area contributed by atoms with Crippen molar-refractivity contribution in [2.24, 2.45) is 0 Å². The van der Waals surface area contributed by atoms with Gasteiger partial charge in [-0.2, -0.15) is 4.31 Å². The summed E-state index contributed by atoms with van der Waals surface area (Å²) in [6.07, 6.45) is 3.86. The number of amides is 1. The monoisotopic (exact) mass is 584 g/mol. The molecule has 4 aromatic carbocycles. The van der Waals surface area contributed by atoms with Gasteiger partial charge in [0.1, 0.15) is 17.6 Å². The van der Waals surface area contributed by atoms with Gasteiger partial charge in [0.15, 0.2) is 0 Å². The number of benzene rings is 4. The first-order chi connectivity index (χ1) is 20.3. The molecule has 0 aromatic heterocycles. The molecule has 1 heterocycles. The highest BCUT2D eigenvalue weighted by atomic mass is 32.2. The third kappa shape index (κ3) is 6.45. The van der Waals surface area contributed by atoms with E-state index in [1.807, 2.05) is 73.7 Å². The van der Waals surface area contributed by atoms with E-state index in [0.717, 1.165) is 22.3 Å². The van der Waals surface area contributed by atoms with Crippen LogP contribution in [0.4, 0.5) is 4.39 Å². The number of hydrogen-bond acceptors (Lipinski definition) is 4. The van der Waals surface area contributed by atoms with Gasteiger partial charge in [-0.05, 0) is 66.4 Å². The Morgan fingerprint density at radius 2 is 1.52 bits per heavy atom. The number of nitrogens with zero attached hydrogens (tertiary/aromatic N) is 2. The Hall–Kier alpha value is -4.27. The molecule has 0 spiro atoms. The SMILES string of the molecule is COc1ccc([C@H]2/C=C\CN(S(=O)(=O)c3ccc(C)cc3)[C@@H](Cc3ccccc3)C(=O)N2Cc2ccc(F)cc2)cc1. The maximum absolute atomic E-state index is 14.7. The van der Waals surface area contributed by atoms with Crippen LogP contribution in [0.1, 0.15) is 28.3 Å². The Labute approximate surface area is 246 Å². The molecule has 5 rings (SSSR count). The lowest BCUT2D eigenvalue weighted by atomic mass is 9.98. The number of halogens is 1. The van der Waals surface area contributed by atoms with Crippen molar-refractivity contribution in [2.75, 3.05) is 13.7 Å². The fraction of sp³-hybridized carbons (Fsp3) is 0.206. The van der Waals surface area contributed by atoms with Crippen LogP contribution in [0.3, 0.4) is 0 Å². The Balaban J connectivity index is 1.63. The van der Waals surface area contributed by atoms with Crippen LogP contribution < -0.4 is 4.74 Å². The summed E-state index contributed by atoms with van der Waals surface area (Å²) in [5.41, 5.74) is 3.35. The standard InChI is InChI=1S/C34H33FN2O4S/c1-25-10-20-31(21-11-25)42(39,40)37-22-6-9-32(28-14-18-30(41-2)19-15-28)36(24-27-12-16-29(35)17-13-27)34(38)33(37)23-26-7-4-3-5-8-26/h3-21,32-33H,22-24H2,1-2H3/b9-6-/t32-,33+/m1/s1. The first kappa shape index (κ1) is 29.2. The second kappa shape index (κ2) is 12.7. The zero-order chi connectivity index (χ0) is 29.7. The molecule has 6 nitrogen and oxygen atoms in total. The smallest absolute Gasteiger partial charge is 0.244 e. The zero-order valence-corrected chi connectivity index (χ0v) is 24.4. The topological polar surface area (TPSA) is 66.9 Å². The van der Waals surface area contributed by atoms with Crippen LogP contribution in [0.5, 0.6) is 5.75 Å². The van der Waals surface area contributed by atoms with Crippen molar-refractivity contribution in [2.45, 2.75) is 36.9 Å². The van der Waals surface area contributed by atoms with Crippen LogP contribution in [0.25, 0.3) is 0 Å².